The van der Waals surface area contributed by atoms with Crippen LogP contribution in [0.3, 0.4) is 0 Å². The highest BCUT2D eigenvalue weighted by Crippen LogP contribution is 2.23. The van der Waals surface area contributed by atoms with E-state index in [4.69, 9.17) is 0 Å². The Morgan fingerprint density at radius 3 is 2.40 bits per heavy atom. The summed E-state index contributed by atoms with van der Waals surface area (Å²) < 4.78 is 0. The molecule has 106 valence electrons. The summed E-state index contributed by atoms with van der Waals surface area (Å²) >= 11 is 0. The van der Waals surface area contributed by atoms with Crippen LogP contribution in [0.5, 0.6) is 5.75 Å². The minimum atomic E-state index is 0.408. The number of phenols is 1. The van der Waals surface area contributed by atoms with E-state index in [-0.39, 0.29) is 0 Å². The Bertz CT molecular complexity index is 517. The van der Waals surface area contributed by atoms with Gasteiger partial charge in [0.05, 0.1) is 0 Å². The normalized spacial score (nSPS) is 10.7. The maximum Gasteiger partial charge on any atom is 0.119 e. The van der Waals surface area contributed by atoms with E-state index in [0.717, 1.165) is 18.4 Å². The van der Waals surface area contributed by atoms with Crippen LogP contribution >= 0.6 is 0 Å². The van der Waals surface area contributed by atoms with Crippen molar-refractivity contribution in [3.63, 3.8) is 0 Å². The van der Waals surface area contributed by atoms with Gasteiger partial charge in [-0.15, -0.1) is 0 Å². The lowest BCUT2D eigenvalue weighted by Gasteiger charge is -2.08. The van der Waals surface area contributed by atoms with Crippen LogP contribution in [0.15, 0.2) is 48.5 Å². The maximum absolute atomic E-state index is 10.0. The summed E-state index contributed by atoms with van der Waals surface area (Å²) in [5.74, 6) is 0.408. The molecule has 0 aliphatic rings. The molecule has 0 bridgehead atoms. The van der Waals surface area contributed by atoms with Gasteiger partial charge < -0.3 is 5.11 Å². The average Bonchev–Trinajstić information content (AvgIpc) is 2.48. The minimum absolute atomic E-state index is 0.408. The Morgan fingerprint density at radius 1 is 0.850 bits per heavy atom. The fourth-order valence-electron chi connectivity index (χ4n) is 2.51. The lowest BCUT2D eigenvalue weighted by molar-refractivity contribution is 0.469. The molecule has 0 spiro atoms. The van der Waals surface area contributed by atoms with E-state index in [1.807, 2.05) is 24.3 Å². The van der Waals surface area contributed by atoms with Crippen molar-refractivity contribution in [3.8, 4) is 5.75 Å². The third-order valence-corrected chi connectivity index (χ3v) is 3.70. The van der Waals surface area contributed by atoms with Crippen LogP contribution in [0.25, 0.3) is 0 Å². The molecule has 2 aromatic rings. The van der Waals surface area contributed by atoms with Crippen molar-refractivity contribution in [3.05, 3.63) is 65.2 Å². The van der Waals surface area contributed by atoms with E-state index in [0.29, 0.717) is 5.75 Å². The van der Waals surface area contributed by atoms with Crippen molar-refractivity contribution < 1.29 is 5.11 Å². The summed E-state index contributed by atoms with van der Waals surface area (Å²) in [7, 11) is 0. The second kappa shape index (κ2) is 7.74. The van der Waals surface area contributed by atoms with Gasteiger partial charge in [0.25, 0.3) is 0 Å². The molecular formula is C19H24O. The fraction of sp³-hybridized carbons (Fsp3) is 0.368. The number of phenolic OH excluding ortho intramolecular Hbond substituents is 1. The molecule has 0 saturated carbocycles. The van der Waals surface area contributed by atoms with Gasteiger partial charge >= 0.3 is 0 Å². The van der Waals surface area contributed by atoms with Gasteiger partial charge in [-0.25, -0.2) is 0 Å². The van der Waals surface area contributed by atoms with Gasteiger partial charge in [-0.2, -0.15) is 0 Å². The quantitative estimate of drug-likeness (QED) is 0.692. The summed E-state index contributed by atoms with van der Waals surface area (Å²) in [4.78, 5) is 0. The molecule has 0 atom stereocenters. The zero-order chi connectivity index (χ0) is 14.2. The minimum Gasteiger partial charge on any atom is -0.508 e. The van der Waals surface area contributed by atoms with Gasteiger partial charge in [-0.3, -0.25) is 0 Å². The summed E-state index contributed by atoms with van der Waals surface area (Å²) in [5, 5.41) is 10.0. The predicted molar refractivity (Wildman–Crippen MR) is 85.2 cm³/mol. The molecule has 2 aromatic carbocycles. The second-order valence-corrected chi connectivity index (χ2v) is 5.44. The van der Waals surface area contributed by atoms with Crippen molar-refractivity contribution in [1.29, 1.82) is 0 Å². The van der Waals surface area contributed by atoms with Crippen LogP contribution in [0.4, 0.5) is 0 Å². The number of hydrogen-bond acceptors (Lipinski definition) is 1. The average molecular weight is 268 g/mol. The first kappa shape index (κ1) is 14.6. The molecule has 0 saturated heterocycles. The molecule has 20 heavy (non-hydrogen) atoms. The van der Waals surface area contributed by atoms with Crippen LogP contribution in [0.1, 0.15) is 49.3 Å². The highest BCUT2D eigenvalue weighted by Gasteiger charge is 2.04. The first-order valence-electron chi connectivity index (χ1n) is 7.64. The standard InChI is InChI=1S/C19H24O/c1-2-3-4-6-11-17-12-13-19(20)18(15-17)14-16-9-7-5-8-10-16/h5,7-10,12-13,15,20H,2-4,6,11,14H2,1H3. The molecule has 0 unspecified atom stereocenters. The van der Waals surface area contributed by atoms with Crippen LogP contribution < -0.4 is 0 Å². The van der Waals surface area contributed by atoms with Crippen LogP contribution in [0.2, 0.25) is 0 Å². The van der Waals surface area contributed by atoms with E-state index in [1.54, 1.807) is 0 Å². The molecule has 0 heterocycles. The molecule has 2 rings (SSSR count). The summed E-state index contributed by atoms with van der Waals surface area (Å²) in [6.45, 7) is 2.23. The molecule has 0 amide bonds. The molecule has 0 aliphatic heterocycles. The molecule has 1 N–H and O–H groups in total. The van der Waals surface area contributed by atoms with Crippen molar-refractivity contribution in [1.82, 2.24) is 0 Å². The number of unbranched alkanes of at least 4 members (excludes halogenated alkanes) is 3. The molecule has 0 aromatic heterocycles. The van der Waals surface area contributed by atoms with E-state index in [9.17, 15) is 5.11 Å². The summed E-state index contributed by atoms with van der Waals surface area (Å²) in [6.07, 6.45) is 7.04. The van der Waals surface area contributed by atoms with Crippen LogP contribution in [-0.4, -0.2) is 5.11 Å². The highest BCUT2D eigenvalue weighted by atomic mass is 16.3. The number of aryl methyl sites for hydroxylation is 1. The first-order valence-corrected chi connectivity index (χ1v) is 7.64. The predicted octanol–water partition coefficient (Wildman–Crippen LogP) is 5.11. The topological polar surface area (TPSA) is 20.2 Å². The lowest BCUT2D eigenvalue weighted by atomic mass is 9.99. The van der Waals surface area contributed by atoms with Gasteiger partial charge in [-0.1, -0.05) is 68.7 Å². The van der Waals surface area contributed by atoms with Crippen molar-refractivity contribution in [2.75, 3.05) is 0 Å². The molecule has 1 nitrogen and oxygen atoms in total. The van der Waals surface area contributed by atoms with Crippen molar-refractivity contribution >= 4 is 0 Å². The van der Waals surface area contributed by atoms with Gasteiger partial charge in [0.1, 0.15) is 5.75 Å². The Balaban J connectivity index is 2.01. The van der Waals surface area contributed by atoms with Crippen LogP contribution in [-0.2, 0) is 12.8 Å². The molecule has 0 radical (unpaired) electrons. The van der Waals surface area contributed by atoms with Crippen molar-refractivity contribution in [2.45, 2.75) is 45.4 Å². The Hall–Kier alpha value is -1.76. The largest absolute Gasteiger partial charge is 0.508 e. The maximum atomic E-state index is 10.0. The first-order chi connectivity index (χ1) is 9.79. The number of benzene rings is 2. The highest BCUT2D eigenvalue weighted by molar-refractivity contribution is 5.39. The van der Waals surface area contributed by atoms with E-state index in [2.05, 4.69) is 31.2 Å². The van der Waals surface area contributed by atoms with E-state index in [1.165, 1.54) is 36.8 Å². The fourth-order valence-corrected chi connectivity index (χ4v) is 2.51. The van der Waals surface area contributed by atoms with Gasteiger partial charge in [0.15, 0.2) is 0 Å². The lowest BCUT2D eigenvalue weighted by Crippen LogP contribution is -1.92. The third-order valence-electron chi connectivity index (χ3n) is 3.70. The Morgan fingerprint density at radius 2 is 1.65 bits per heavy atom. The van der Waals surface area contributed by atoms with E-state index >= 15 is 0 Å². The second-order valence-electron chi connectivity index (χ2n) is 5.44. The number of aromatic hydroxyl groups is 1. The summed E-state index contributed by atoms with van der Waals surface area (Å²) in [5.41, 5.74) is 3.61. The van der Waals surface area contributed by atoms with Crippen molar-refractivity contribution in [2.24, 2.45) is 0 Å². The zero-order valence-electron chi connectivity index (χ0n) is 12.3. The summed E-state index contributed by atoms with van der Waals surface area (Å²) in [6, 6.07) is 16.4. The van der Waals surface area contributed by atoms with E-state index < -0.39 is 0 Å². The number of rotatable bonds is 7. The monoisotopic (exact) mass is 268 g/mol. The van der Waals surface area contributed by atoms with Gasteiger partial charge in [0, 0.05) is 6.42 Å². The Labute approximate surface area is 122 Å². The molecule has 0 aliphatic carbocycles. The number of hydrogen-bond donors (Lipinski definition) is 1. The molecule has 1 heteroatoms. The third kappa shape index (κ3) is 4.41. The molecule has 0 fully saturated rings. The smallest absolute Gasteiger partial charge is 0.119 e. The zero-order valence-corrected chi connectivity index (χ0v) is 12.3. The SMILES string of the molecule is CCCCCCc1ccc(O)c(Cc2ccccc2)c1. The van der Waals surface area contributed by atoms with Crippen LogP contribution in [0, 0.1) is 0 Å². The van der Waals surface area contributed by atoms with Gasteiger partial charge in [-0.05, 0) is 35.6 Å². The Kier molecular flexibility index (Phi) is 5.67. The van der Waals surface area contributed by atoms with Gasteiger partial charge in [0.2, 0.25) is 0 Å². The molecular weight excluding hydrogens is 244 g/mol.